The van der Waals surface area contributed by atoms with E-state index in [1.165, 1.54) is 25.5 Å². The first-order valence-electron chi connectivity index (χ1n) is 5.73. The highest BCUT2D eigenvalue weighted by Gasteiger charge is 2.19. The maximum atomic E-state index is 12.1. The molecule has 6 heteroatoms. The number of nitrogens with one attached hydrogen (secondary N) is 1. The molecule has 1 N–H and O–H groups in total. The molecule has 1 atom stereocenters. The second kappa shape index (κ2) is 5.46. The van der Waals surface area contributed by atoms with Gasteiger partial charge in [-0.1, -0.05) is 0 Å². The summed E-state index contributed by atoms with van der Waals surface area (Å²) in [6.07, 6.45) is 1.51. The highest BCUT2D eigenvalue weighted by Crippen LogP contribution is 2.19. The molecule has 5 nitrogen and oxygen atoms in total. The number of benzene rings is 1. The Morgan fingerprint density at radius 1 is 1.21 bits per heavy atom. The van der Waals surface area contributed by atoms with Crippen molar-refractivity contribution in [2.45, 2.75) is 17.9 Å². The maximum Gasteiger partial charge on any atom is 0.241 e. The molecule has 0 bridgehead atoms. The van der Waals surface area contributed by atoms with Gasteiger partial charge in [-0.15, -0.1) is 0 Å². The lowest BCUT2D eigenvalue weighted by Crippen LogP contribution is -2.26. The van der Waals surface area contributed by atoms with Gasteiger partial charge in [0, 0.05) is 0 Å². The SMILES string of the molecule is COc1ccc(S(=O)(=O)N[C@H](C)c2ccco2)cc1. The average Bonchev–Trinajstić information content (AvgIpc) is 2.92. The average molecular weight is 281 g/mol. The predicted molar refractivity (Wildman–Crippen MR) is 70.4 cm³/mol. The van der Waals surface area contributed by atoms with Gasteiger partial charge in [-0.25, -0.2) is 13.1 Å². The first-order valence-corrected chi connectivity index (χ1v) is 7.21. The molecule has 1 aromatic carbocycles. The van der Waals surface area contributed by atoms with Crippen molar-refractivity contribution in [3.8, 4) is 5.75 Å². The number of hydrogen-bond donors (Lipinski definition) is 1. The molecule has 0 amide bonds. The molecular weight excluding hydrogens is 266 g/mol. The highest BCUT2D eigenvalue weighted by molar-refractivity contribution is 7.89. The molecule has 0 unspecified atom stereocenters. The lowest BCUT2D eigenvalue weighted by atomic mass is 10.3. The van der Waals surface area contributed by atoms with E-state index in [2.05, 4.69) is 4.72 Å². The van der Waals surface area contributed by atoms with Gasteiger partial charge in [-0.05, 0) is 43.3 Å². The second-order valence-electron chi connectivity index (χ2n) is 4.03. The Hall–Kier alpha value is -1.79. The van der Waals surface area contributed by atoms with Gasteiger partial charge in [0.1, 0.15) is 11.5 Å². The molecule has 102 valence electrons. The number of hydrogen-bond acceptors (Lipinski definition) is 4. The van der Waals surface area contributed by atoms with Crippen LogP contribution in [0.15, 0.2) is 52.0 Å². The molecule has 0 spiro atoms. The van der Waals surface area contributed by atoms with Crippen molar-refractivity contribution in [3.63, 3.8) is 0 Å². The Morgan fingerprint density at radius 3 is 2.42 bits per heavy atom. The van der Waals surface area contributed by atoms with E-state index in [9.17, 15) is 8.42 Å². The number of furan rings is 1. The van der Waals surface area contributed by atoms with Crippen LogP contribution in [0.2, 0.25) is 0 Å². The molecule has 2 aromatic rings. The van der Waals surface area contributed by atoms with Crippen LogP contribution in [0.3, 0.4) is 0 Å². The summed E-state index contributed by atoms with van der Waals surface area (Å²) in [6, 6.07) is 9.21. The highest BCUT2D eigenvalue weighted by atomic mass is 32.2. The van der Waals surface area contributed by atoms with Crippen molar-refractivity contribution in [1.82, 2.24) is 4.72 Å². The van der Waals surface area contributed by atoms with Crippen LogP contribution >= 0.6 is 0 Å². The third-order valence-electron chi connectivity index (χ3n) is 2.67. The summed E-state index contributed by atoms with van der Waals surface area (Å²) in [6.45, 7) is 1.72. The molecule has 19 heavy (non-hydrogen) atoms. The summed E-state index contributed by atoms with van der Waals surface area (Å²) in [5.41, 5.74) is 0. The first-order chi connectivity index (χ1) is 9.03. The molecule has 0 aliphatic heterocycles. The smallest absolute Gasteiger partial charge is 0.241 e. The zero-order chi connectivity index (χ0) is 13.9. The standard InChI is InChI=1S/C13H15NO4S/c1-10(13-4-3-9-18-13)14-19(15,16)12-7-5-11(17-2)6-8-12/h3-10,14H,1-2H3/t10-/m1/s1. The number of ether oxygens (including phenoxy) is 1. The quantitative estimate of drug-likeness (QED) is 0.913. The fourth-order valence-corrected chi connectivity index (χ4v) is 2.86. The molecule has 0 aliphatic rings. The Balaban J connectivity index is 2.17. The van der Waals surface area contributed by atoms with Gasteiger partial charge < -0.3 is 9.15 Å². The molecule has 0 aliphatic carbocycles. The van der Waals surface area contributed by atoms with E-state index in [1.54, 1.807) is 31.2 Å². The van der Waals surface area contributed by atoms with Crippen molar-refractivity contribution in [3.05, 3.63) is 48.4 Å². The summed E-state index contributed by atoms with van der Waals surface area (Å²) < 4.78 is 37.0. The third-order valence-corrected chi connectivity index (χ3v) is 4.23. The Morgan fingerprint density at radius 2 is 1.89 bits per heavy atom. The van der Waals surface area contributed by atoms with Crippen LogP contribution in [-0.4, -0.2) is 15.5 Å². The lowest BCUT2D eigenvalue weighted by Gasteiger charge is -2.12. The van der Waals surface area contributed by atoms with Gasteiger partial charge in [-0.3, -0.25) is 0 Å². The van der Waals surface area contributed by atoms with Crippen LogP contribution in [0.25, 0.3) is 0 Å². The van der Waals surface area contributed by atoms with Crippen LogP contribution < -0.4 is 9.46 Å². The molecule has 1 heterocycles. The number of sulfonamides is 1. The Bertz CT molecular complexity index is 617. The van der Waals surface area contributed by atoms with Crippen LogP contribution in [0.4, 0.5) is 0 Å². The minimum atomic E-state index is -3.58. The van der Waals surface area contributed by atoms with Crippen molar-refractivity contribution in [1.29, 1.82) is 0 Å². The minimum absolute atomic E-state index is 0.187. The molecule has 1 aromatic heterocycles. The maximum absolute atomic E-state index is 12.1. The Kier molecular flexibility index (Phi) is 3.92. The van der Waals surface area contributed by atoms with Crippen LogP contribution in [0, 0.1) is 0 Å². The predicted octanol–water partition coefficient (Wildman–Crippen LogP) is 2.33. The number of methoxy groups -OCH3 is 1. The van der Waals surface area contributed by atoms with E-state index in [0.717, 1.165) is 0 Å². The molecular formula is C13H15NO4S. The summed E-state index contributed by atoms with van der Waals surface area (Å²) in [4.78, 5) is 0.187. The molecule has 0 fully saturated rings. The minimum Gasteiger partial charge on any atom is -0.497 e. The van der Waals surface area contributed by atoms with E-state index >= 15 is 0 Å². The van der Waals surface area contributed by atoms with E-state index in [0.29, 0.717) is 11.5 Å². The number of rotatable bonds is 5. The summed E-state index contributed by atoms with van der Waals surface area (Å²) in [5, 5.41) is 0. The monoisotopic (exact) mass is 281 g/mol. The van der Waals surface area contributed by atoms with Gasteiger partial charge in [-0.2, -0.15) is 0 Å². The fourth-order valence-electron chi connectivity index (χ4n) is 1.65. The van der Waals surface area contributed by atoms with Crippen LogP contribution in [-0.2, 0) is 10.0 Å². The lowest BCUT2D eigenvalue weighted by molar-refractivity contribution is 0.414. The van der Waals surface area contributed by atoms with Crippen molar-refractivity contribution < 1.29 is 17.6 Å². The van der Waals surface area contributed by atoms with Crippen LogP contribution in [0.1, 0.15) is 18.7 Å². The fraction of sp³-hybridized carbons (Fsp3) is 0.231. The molecule has 0 saturated heterocycles. The van der Waals surface area contributed by atoms with Gasteiger partial charge >= 0.3 is 0 Å². The zero-order valence-corrected chi connectivity index (χ0v) is 11.5. The van der Waals surface area contributed by atoms with Gasteiger partial charge in [0.15, 0.2) is 0 Å². The normalized spacial score (nSPS) is 13.2. The summed E-state index contributed by atoms with van der Waals surface area (Å²) >= 11 is 0. The summed E-state index contributed by atoms with van der Waals surface area (Å²) in [7, 11) is -2.05. The zero-order valence-electron chi connectivity index (χ0n) is 10.7. The van der Waals surface area contributed by atoms with Gasteiger partial charge in [0.25, 0.3) is 0 Å². The summed E-state index contributed by atoms with van der Waals surface area (Å²) in [5.74, 6) is 1.18. The van der Waals surface area contributed by atoms with E-state index in [4.69, 9.17) is 9.15 Å². The van der Waals surface area contributed by atoms with Gasteiger partial charge in [0.05, 0.1) is 24.3 Å². The van der Waals surface area contributed by atoms with E-state index in [-0.39, 0.29) is 4.90 Å². The topological polar surface area (TPSA) is 68.5 Å². The second-order valence-corrected chi connectivity index (χ2v) is 5.75. The van der Waals surface area contributed by atoms with Crippen molar-refractivity contribution in [2.75, 3.05) is 7.11 Å². The van der Waals surface area contributed by atoms with Gasteiger partial charge in [0.2, 0.25) is 10.0 Å². The molecule has 2 rings (SSSR count). The third kappa shape index (κ3) is 3.15. The van der Waals surface area contributed by atoms with Crippen molar-refractivity contribution >= 4 is 10.0 Å². The van der Waals surface area contributed by atoms with E-state index in [1.807, 2.05) is 0 Å². The Labute approximate surface area is 112 Å². The van der Waals surface area contributed by atoms with E-state index < -0.39 is 16.1 Å². The first kappa shape index (κ1) is 13.6. The largest absolute Gasteiger partial charge is 0.497 e. The van der Waals surface area contributed by atoms with Crippen LogP contribution in [0.5, 0.6) is 5.75 Å². The molecule has 0 saturated carbocycles. The van der Waals surface area contributed by atoms with Crippen molar-refractivity contribution in [2.24, 2.45) is 0 Å². The molecule has 0 radical (unpaired) electrons.